The quantitative estimate of drug-likeness (QED) is 0.590. The van der Waals surface area contributed by atoms with Gasteiger partial charge in [-0.05, 0) is 43.5 Å². The zero-order chi connectivity index (χ0) is 16.7. The number of nitrogens with zero attached hydrogens (tertiary/aromatic N) is 1. The van der Waals surface area contributed by atoms with Gasteiger partial charge in [0.25, 0.3) is 0 Å². The van der Waals surface area contributed by atoms with E-state index in [-0.39, 0.29) is 17.8 Å². The van der Waals surface area contributed by atoms with E-state index in [2.05, 4.69) is 0 Å². The van der Waals surface area contributed by atoms with Crippen molar-refractivity contribution in [2.75, 3.05) is 26.8 Å². The topological polar surface area (TPSA) is 55.8 Å². The second-order valence-electron chi connectivity index (χ2n) is 5.58. The number of rotatable bonds is 6. The van der Waals surface area contributed by atoms with Gasteiger partial charge in [0.2, 0.25) is 5.91 Å². The fraction of sp³-hybridized carbons (Fsp3) is 0.529. The molecular weight excluding hydrogens is 318 g/mol. The molecule has 0 atom stereocenters. The van der Waals surface area contributed by atoms with Gasteiger partial charge in [0.1, 0.15) is 5.75 Å². The predicted molar refractivity (Wildman–Crippen MR) is 87.5 cm³/mol. The molecule has 23 heavy (non-hydrogen) atoms. The predicted octanol–water partition coefficient (Wildman–Crippen LogP) is 2.91. The van der Waals surface area contributed by atoms with Crippen molar-refractivity contribution in [1.82, 2.24) is 4.90 Å². The van der Waals surface area contributed by atoms with E-state index in [0.717, 1.165) is 5.75 Å². The van der Waals surface area contributed by atoms with Crippen molar-refractivity contribution in [3.8, 4) is 5.75 Å². The van der Waals surface area contributed by atoms with Crippen LogP contribution < -0.4 is 4.74 Å². The number of carbonyl (C=O) groups excluding carboxylic acids is 2. The van der Waals surface area contributed by atoms with E-state index in [0.29, 0.717) is 50.4 Å². The van der Waals surface area contributed by atoms with Crippen molar-refractivity contribution in [3.63, 3.8) is 0 Å². The van der Waals surface area contributed by atoms with Crippen LogP contribution in [0.3, 0.4) is 0 Å². The lowest BCUT2D eigenvalue weighted by Crippen LogP contribution is -2.40. The normalized spacial score (nSPS) is 15.3. The summed E-state index contributed by atoms with van der Waals surface area (Å²) in [5, 5.41) is 0.669. The van der Waals surface area contributed by atoms with Crippen LogP contribution in [0.1, 0.15) is 25.7 Å². The first kappa shape index (κ1) is 17.6. The maximum absolute atomic E-state index is 12.1. The van der Waals surface area contributed by atoms with Crippen LogP contribution >= 0.6 is 11.6 Å². The van der Waals surface area contributed by atoms with Crippen molar-refractivity contribution in [2.24, 2.45) is 5.92 Å². The van der Waals surface area contributed by atoms with Gasteiger partial charge >= 0.3 is 5.97 Å². The lowest BCUT2D eigenvalue weighted by atomic mass is 9.97. The summed E-state index contributed by atoms with van der Waals surface area (Å²) in [7, 11) is 1.40. The summed E-state index contributed by atoms with van der Waals surface area (Å²) in [4.78, 5) is 25.4. The lowest BCUT2D eigenvalue weighted by Gasteiger charge is -2.30. The fourth-order valence-electron chi connectivity index (χ4n) is 2.63. The molecule has 0 unspecified atom stereocenters. The highest BCUT2D eigenvalue weighted by molar-refractivity contribution is 6.30. The smallest absolute Gasteiger partial charge is 0.308 e. The van der Waals surface area contributed by atoms with Gasteiger partial charge < -0.3 is 14.4 Å². The molecule has 1 fully saturated rings. The molecule has 0 bridgehead atoms. The van der Waals surface area contributed by atoms with Crippen LogP contribution in [0.15, 0.2) is 24.3 Å². The van der Waals surface area contributed by atoms with Crippen LogP contribution in [0.25, 0.3) is 0 Å². The Hall–Kier alpha value is -1.75. The van der Waals surface area contributed by atoms with Crippen molar-refractivity contribution in [2.45, 2.75) is 25.7 Å². The molecule has 5 nitrogen and oxygen atoms in total. The van der Waals surface area contributed by atoms with Crippen LogP contribution in [0.5, 0.6) is 5.75 Å². The third-order valence-corrected chi connectivity index (χ3v) is 4.25. The zero-order valence-electron chi connectivity index (χ0n) is 13.3. The first-order chi connectivity index (χ1) is 11.1. The third-order valence-electron chi connectivity index (χ3n) is 4.00. The minimum atomic E-state index is -0.173. The molecule has 0 saturated carbocycles. The van der Waals surface area contributed by atoms with Gasteiger partial charge in [-0.2, -0.15) is 0 Å². The maximum Gasteiger partial charge on any atom is 0.308 e. The number of methoxy groups -OCH3 is 1. The molecule has 1 amide bonds. The zero-order valence-corrected chi connectivity index (χ0v) is 14.1. The van der Waals surface area contributed by atoms with E-state index in [4.69, 9.17) is 21.1 Å². The number of ether oxygens (including phenoxy) is 2. The second-order valence-corrected chi connectivity index (χ2v) is 6.02. The van der Waals surface area contributed by atoms with Gasteiger partial charge in [0.05, 0.1) is 19.6 Å². The molecule has 1 aromatic carbocycles. The van der Waals surface area contributed by atoms with Crippen LogP contribution in [0, 0.1) is 5.92 Å². The summed E-state index contributed by atoms with van der Waals surface area (Å²) in [5.74, 6) is 0.625. The Labute approximate surface area is 141 Å². The molecule has 0 radical (unpaired) electrons. The lowest BCUT2D eigenvalue weighted by molar-refractivity contribution is -0.148. The first-order valence-electron chi connectivity index (χ1n) is 7.84. The molecule has 1 aliphatic heterocycles. The summed E-state index contributed by atoms with van der Waals surface area (Å²) < 4.78 is 10.3. The van der Waals surface area contributed by atoms with Crippen LogP contribution in [0.4, 0.5) is 0 Å². The second kappa shape index (κ2) is 8.77. The number of hydrogen-bond donors (Lipinski definition) is 0. The molecule has 2 rings (SSSR count). The molecule has 0 aliphatic carbocycles. The largest absolute Gasteiger partial charge is 0.494 e. The van der Waals surface area contributed by atoms with E-state index in [9.17, 15) is 9.59 Å². The number of halogens is 1. The minimum Gasteiger partial charge on any atom is -0.494 e. The SMILES string of the molecule is COC(=O)C1CCN(C(=O)CCCOc2ccc(Cl)cc2)CC1. The molecule has 0 aromatic heterocycles. The Morgan fingerprint density at radius 1 is 1.22 bits per heavy atom. The number of esters is 1. The van der Waals surface area contributed by atoms with E-state index in [1.807, 2.05) is 17.0 Å². The Bertz CT molecular complexity index is 524. The molecule has 1 aliphatic rings. The van der Waals surface area contributed by atoms with Gasteiger partial charge in [-0.25, -0.2) is 0 Å². The molecule has 1 aromatic rings. The highest BCUT2D eigenvalue weighted by Gasteiger charge is 2.27. The van der Waals surface area contributed by atoms with E-state index in [1.54, 1.807) is 12.1 Å². The minimum absolute atomic E-state index is 0.0720. The summed E-state index contributed by atoms with van der Waals surface area (Å²) in [6.07, 6.45) is 2.48. The molecule has 126 valence electrons. The Kier molecular flexibility index (Phi) is 6.71. The van der Waals surface area contributed by atoms with Crippen LogP contribution in [-0.4, -0.2) is 43.6 Å². The van der Waals surface area contributed by atoms with Crippen LogP contribution in [-0.2, 0) is 14.3 Å². The first-order valence-corrected chi connectivity index (χ1v) is 8.22. The van der Waals surface area contributed by atoms with Gasteiger partial charge in [0.15, 0.2) is 0 Å². The number of likely N-dealkylation sites (tertiary alicyclic amines) is 1. The third kappa shape index (κ3) is 5.43. The van der Waals surface area contributed by atoms with Crippen molar-refractivity contribution in [3.05, 3.63) is 29.3 Å². The summed E-state index contributed by atoms with van der Waals surface area (Å²) in [5.41, 5.74) is 0. The Balaban J connectivity index is 1.64. The van der Waals surface area contributed by atoms with Crippen LogP contribution in [0.2, 0.25) is 5.02 Å². The standard InChI is InChI=1S/C17H22ClNO4/c1-22-17(21)13-8-10-19(11-9-13)16(20)3-2-12-23-15-6-4-14(18)5-7-15/h4-7,13H,2-3,8-12H2,1H3. The van der Waals surface area contributed by atoms with Crippen molar-refractivity contribution in [1.29, 1.82) is 0 Å². The van der Waals surface area contributed by atoms with E-state index in [1.165, 1.54) is 7.11 Å². The molecule has 0 spiro atoms. The van der Waals surface area contributed by atoms with Crippen molar-refractivity contribution >= 4 is 23.5 Å². The van der Waals surface area contributed by atoms with Gasteiger partial charge in [-0.1, -0.05) is 11.6 Å². The van der Waals surface area contributed by atoms with Crippen molar-refractivity contribution < 1.29 is 19.1 Å². The molecule has 1 saturated heterocycles. The highest BCUT2D eigenvalue weighted by Crippen LogP contribution is 2.19. The van der Waals surface area contributed by atoms with E-state index >= 15 is 0 Å². The number of amides is 1. The van der Waals surface area contributed by atoms with Gasteiger partial charge in [-0.15, -0.1) is 0 Å². The molecular formula is C17H22ClNO4. The number of hydrogen-bond acceptors (Lipinski definition) is 4. The Morgan fingerprint density at radius 3 is 2.48 bits per heavy atom. The molecule has 6 heteroatoms. The number of carbonyl (C=O) groups is 2. The fourth-order valence-corrected chi connectivity index (χ4v) is 2.76. The number of piperidine rings is 1. The maximum atomic E-state index is 12.1. The summed E-state index contributed by atoms with van der Waals surface area (Å²) >= 11 is 5.80. The summed E-state index contributed by atoms with van der Waals surface area (Å²) in [6.45, 7) is 1.74. The average molecular weight is 340 g/mol. The average Bonchev–Trinajstić information content (AvgIpc) is 2.59. The Morgan fingerprint density at radius 2 is 1.87 bits per heavy atom. The monoisotopic (exact) mass is 339 g/mol. The number of benzene rings is 1. The highest BCUT2D eigenvalue weighted by atomic mass is 35.5. The molecule has 1 heterocycles. The van der Waals surface area contributed by atoms with E-state index < -0.39 is 0 Å². The molecule has 0 N–H and O–H groups in total. The van der Waals surface area contributed by atoms with Gasteiger partial charge in [0, 0.05) is 24.5 Å². The van der Waals surface area contributed by atoms with Gasteiger partial charge in [-0.3, -0.25) is 9.59 Å². The summed E-state index contributed by atoms with van der Waals surface area (Å²) in [6, 6.07) is 7.16.